The zero-order valence-electron chi connectivity index (χ0n) is 28.3. The van der Waals surface area contributed by atoms with Gasteiger partial charge in [-0.05, 0) is 42.3 Å². The molecule has 0 unspecified atom stereocenters. The van der Waals surface area contributed by atoms with Crippen LogP contribution in [0, 0.1) is 5.92 Å². The SMILES string of the molecule is COc1ccc2cc1OCCn1nc(-c3ccccc3)nc1[C@@H](C(C)C)NC(=O)CN(C(=O)c1ccc3c(=O)n(C)cnc3c1)CCNC2=O. The first kappa shape index (κ1) is 33.8. The molecule has 0 spiro atoms. The number of nitrogens with zero attached hydrogens (tertiary/aromatic N) is 6. The molecular formula is C36H38N8O6. The molecule has 2 aromatic heterocycles. The molecule has 50 heavy (non-hydrogen) atoms. The summed E-state index contributed by atoms with van der Waals surface area (Å²) in [5.41, 5.74) is 1.49. The number of carbonyl (C=O) groups is 3. The Labute approximate surface area is 288 Å². The van der Waals surface area contributed by atoms with Crippen molar-refractivity contribution in [2.24, 2.45) is 13.0 Å². The van der Waals surface area contributed by atoms with Crippen LogP contribution in [0.15, 0.2) is 77.9 Å². The summed E-state index contributed by atoms with van der Waals surface area (Å²) in [6.07, 6.45) is 1.39. The van der Waals surface area contributed by atoms with E-state index >= 15 is 0 Å². The van der Waals surface area contributed by atoms with Crippen LogP contribution >= 0.6 is 0 Å². The summed E-state index contributed by atoms with van der Waals surface area (Å²) in [5.74, 6) is 0.449. The zero-order chi connectivity index (χ0) is 35.4. The van der Waals surface area contributed by atoms with Crippen LogP contribution in [0.25, 0.3) is 22.3 Å². The summed E-state index contributed by atoms with van der Waals surface area (Å²) >= 11 is 0. The van der Waals surface area contributed by atoms with Crippen molar-refractivity contribution in [2.45, 2.75) is 26.4 Å². The van der Waals surface area contributed by atoms with Gasteiger partial charge in [0.25, 0.3) is 17.4 Å². The Morgan fingerprint density at radius 3 is 2.56 bits per heavy atom. The molecule has 14 heteroatoms. The maximum atomic E-state index is 14.0. The van der Waals surface area contributed by atoms with Crippen molar-refractivity contribution in [1.29, 1.82) is 0 Å². The van der Waals surface area contributed by atoms with E-state index in [0.29, 0.717) is 39.6 Å². The van der Waals surface area contributed by atoms with Crippen molar-refractivity contribution in [3.63, 3.8) is 0 Å². The topological polar surface area (TPSA) is 163 Å². The van der Waals surface area contributed by atoms with E-state index < -0.39 is 23.8 Å². The molecule has 0 aliphatic carbocycles. The Bertz CT molecular complexity index is 2110. The average molecular weight is 679 g/mol. The van der Waals surface area contributed by atoms with Gasteiger partial charge in [-0.3, -0.25) is 19.2 Å². The van der Waals surface area contributed by atoms with Crippen molar-refractivity contribution in [1.82, 2.24) is 39.8 Å². The highest BCUT2D eigenvalue weighted by molar-refractivity contribution is 5.99. The predicted molar refractivity (Wildman–Crippen MR) is 185 cm³/mol. The summed E-state index contributed by atoms with van der Waals surface area (Å²) in [6.45, 7) is 4.13. The molecule has 3 heterocycles. The third-order valence-electron chi connectivity index (χ3n) is 8.43. The molecule has 3 amide bonds. The quantitative estimate of drug-likeness (QED) is 0.291. The number of nitrogens with one attached hydrogen (secondary N) is 2. The Balaban J connectivity index is 1.37. The number of ether oxygens (including phenoxy) is 2. The first-order valence-electron chi connectivity index (χ1n) is 16.3. The standard InChI is InChI=1S/C36H38N8O6/c1-22(2)31-33-40-32(23-8-6-5-7-9-23)41-44(33)16-17-50-29-19-24(11-13-28(29)49-4)34(46)37-14-15-43(20-30(45)39-31)35(47)25-10-12-26-27(18-25)38-21-42(3)36(26)48/h5-13,18-19,21-22,31H,14-17,20H2,1-4H3,(H,37,46)(H,39,45)/t31-/m1/s1. The number of amides is 3. The highest BCUT2D eigenvalue weighted by Crippen LogP contribution is 2.29. The van der Waals surface area contributed by atoms with Gasteiger partial charge in [-0.2, -0.15) is 5.10 Å². The van der Waals surface area contributed by atoms with Crippen molar-refractivity contribution in [3.05, 3.63) is 100 Å². The fraction of sp³-hybridized carbons (Fsp3) is 0.306. The Kier molecular flexibility index (Phi) is 9.88. The number of carbonyl (C=O) groups excluding carboxylic acids is 3. The van der Waals surface area contributed by atoms with Crippen LogP contribution < -0.4 is 25.7 Å². The lowest BCUT2D eigenvalue weighted by molar-refractivity contribution is -0.123. The summed E-state index contributed by atoms with van der Waals surface area (Å²) in [5, 5.41) is 11.1. The van der Waals surface area contributed by atoms with E-state index in [9.17, 15) is 19.2 Å². The maximum absolute atomic E-state index is 14.0. The number of benzene rings is 3. The normalized spacial score (nSPS) is 15.9. The Morgan fingerprint density at radius 2 is 1.80 bits per heavy atom. The monoisotopic (exact) mass is 678 g/mol. The van der Waals surface area contributed by atoms with Gasteiger partial charge < -0.3 is 29.6 Å². The summed E-state index contributed by atoms with van der Waals surface area (Å²) < 4.78 is 14.7. The van der Waals surface area contributed by atoms with Crippen molar-refractivity contribution < 1.29 is 23.9 Å². The van der Waals surface area contributed by atoms with Crippen LogP contribution in [0.4, 0.5) is 0 Å². The van der Waals surface area contributed by atoms with Gasteiger partial charge in [-0.15, -0.1) is 0 Å². The summed E-state index contributed by atoms with van der Waals surface area (Å²) in [6, 6.07) is 18.4. The Hall–Kier alpha value is -6.05. The van der Waals surface area contributed by atoms with Gasteiger partial charge in [0.2, 0.25) is 5.91 Å². The number of fused-ring (bicyclic) bond motifs is 4. The van der Waals surface area contributed by atoms with Crippen molar-refractivity contribution in [2.75, 3.05) is 33.4 Å². The minimum atomic E-state index is -0.571. The number of hydrogen-bond donors (Lipinski definition) is 2. The lowest BCUT2D eigenvalue weighted by Crippen LogP contribution is -2.46. The van der Waals surface area contributed by atoms with Crippen LogP contribution in [0.1, 0.15) is 46.4 Å². The highest BCUT2D eigenvalue weighted by Gasteiger charge is 2.28. The van der Waals surface area contributed by atoms with Gasteiger partial charge >= 0.3 is 0 Å². The van der Waals surface area contributed by atoms with E-state index in [1.807, 2.05) is 44.2 Å². The maximum Gasteiger partial charge on any atom is 0.260 e. The molecule has 14 nitrogen and oxygen atoms in total. The minimum absolute atomic E-state index is 0.0141. The number of rotatable bonds is 4. The second-order valence-electron chi connectivity index (χ2n) is 12.3. The van der Waals surface area contributed by atoms with Crippen LogP contribution in [0.2, 0.25) is 0 Å². The second kappa shape index (κ2) is 14.6. The van der Waals surface area contributed by atoms with E-state index in [-0.39, 0.29) is 49.8 Å². The van der Waals surface area contributed by atoms with E-state index in [2.05, 4.69) is 15.6 Å². The molecule has 6 rings (SSSR count). The van der Waals surface area contributed by atoms with E-state index in [4.69, 9.17) is 19.6 Å². The minimum Gasteiger partial charge on any atom is -0.493 e. The summed E-state index contributed by atoms with van der Waals surface area (Å²) in [7, 11) is 3.12. The van der Waals surface area contributed by atoms with E-state index in [0.717, 1.165) is 5.56 Å². The molecule has 2 bridgehead atoms. The zero-order valence-corrected chi connectivity index (χ0v) is 28.3. The number of hydrogen-bond acceptors (Lipinski definition) is 9. The third-order valence-corrected chi connectivity index (χ3v) is 8.43. The molecule has 258 valence electrons. The highest BCUT2D eigenvalue weighted by atomic mass is 16.5. The lowest BCUT2D eigenvalue weighted by atomic mass is 10.0. The van der Waals surface area contributed by atoms with E-state index in [1.165, 1.54) is 35.0 Å². The van der Waals surface area contributed by atoms with Gasteiger partial charge in [0, 0.05) is 36.8 Å². The van der Waals surface area contributed by atoms with Gasteiger partial charge in [-0.1, -0.05) is 44.2 Å². The first-order chi connectivity index (χ1) is 24.1. The molecular weight excluding hydrogens is 640 g/mol. The lowest BCUT2D eigenvalue weighted by Gasteiger charge is -2.26. The molecule has 5 aromatic rings. The smallest absolute Gasteiger partial charge is 0.260 e. The van der Waals surface area contributed by atoms with Gasteiger partial charge in [0.05, 0.1) is 43.5 Å². The fourth-order valence-electron chi connectivity index (χ4n) is 5.74. The van der Waals surface area contributed by atoms with Crippen molar-refractivity contribution >= 4 is 28.6 Å². The summed E-state index contributed by atoms with van der Waals surface area (Å²) in [4.78, 5) is 64.1. The molecule has 1 aliphatic rings. The number of aromatic nitrogens is 5. The largest absolute Gasteiger partial charge is 0.493 e. The van der Waals surface area contributed by atoms with Crippen LogP contribution in [-0.2, 0) is 18.4 Å². The predicted octanol–water partition coefficient (Wildman–Crippen LogP) is 2.98. The molecule has 0 saturated heterocycles. The average Bonchev–Trinajstić information content (AvgIpc) is 3.54. The van der Waals surface area contributed by atoms with Crippen LogP contribution in [0.3, 0.4) is 0 Å². The third kappa shape index (κ3) is 7.18. The fourth-order valence-corrected chi connectivity index (χ4v) is 5.74. The second-order valence-corrected chi connectivity index (χ2v) is 12.3. The molecule has 0 radical (unpaired) electrons. The molecule has 3 aromatic carbocycles. The van der Waals surface area contributed by atoms with Gasteiger partial charge in [-0.25, -0.2) is 14.6 Å². The van der Waals surface area contributed by atoms with Crippen LogP contribution in [-0.4, -0.2) is 80.3 Å². The number of aryl methyl sites for hydroxylation is 1. The van der Waals surface area contributed by atoms with E-state index in [1.54, 1.807) is 36.0 Å². The van der Waals surface area contributed by atoms with Gasteiger partial charge in [0.15, 0.2) is 23.1 Å². The molecule has 0 fully saturated rings. The van der Waals surface area contributed by atoms with Crippen LogP contribution in [0.5, 0.6) is 11.5 Å². The molecule has 1 aliphatic heterocycles. The van der Waals surface area contributed by atoms with Crippen molar-refractivity contribution in [3.8, 4) is 22.9 Å². The number of methoxy groups -OCH3 is 1. The molecule has 2 N–H and O–H groups in total. The first-order valence-corrected chi connectivity index (χ1v) is 16.3. The molecule has 0 saturated carbocycles. The molecule has 1 atom stereocenters. The Morgan fingerprint density at radius 1 is 1.00 bits per heavy atom. The van der Waals surface area contributed by atoms with Gasteiger partial charge in [0.1, 0.15) is 6.61 Å².